The number of carboxylic acids is 1. The molecule has 13 heavy (non-hydrogen) atoms. The average molecular weight is 193 g/mol. The van der Waals surface area contributed by atoms with Crippen LogP contribution in [0.1, 0.15) is 25.7 Å². The summed E-state index contributed by atoms with van der Waals surface area (Å²) in [4.78, 5) is 10.2. The van der Waals surface area contributed by atoms with Gasteiger partial charge in [-0.15, -0.1) is 0 Å². The molecule has 0 aromatic rings. The van der Waals surface area contributed by atoms with Gasteiger partial charge in [-0.2, -0.15) is 0 Å². The average Bonchev–Trinajstić information content (AvgIpc) is 2.02. The first-order valence-electron chi connectivity index (χ1n) is 4.33. The molecule has 1 aliphatic heterocycles. The number of carboxylic acid groups (broad SMARTS) is 1. The van der Waals surface area contributed by atoms with Crippen LogP contribution in [0, 0.1) is 0 Å². The molecule has 0 saturated carbocycles. The van der Waals surface area contributed by atoms with Gasteiger partial charge in [0.15, 0.2) is 0 Å². The van der Waals surface area contributed by atoms with E-state index in [2.05, 4.69) is 5.32 Å². The lowest BCUT2D eigenvalue weighted by atomic mass is 9.98. The number of piperidine rings is 1. The normalized spacial score (nSPS) is 27.1. The zero-order valence-corrected chi connectivity index (χ0v) is 7.22. The number of halogens is 2. The summed E-state index contributed by atoms with van der Waals surface area (Å²) < 4.78 is 25.2. The lowest BCUT2D eigenvalue weighted by molar-refractivity contribution is -0.137. The molecule has 1 heterocycles. The highest BCUT2D eigenvalue weighted by Crippen LogP contribution is 2.25. The van der Waals surface area contributed by atoms with Gasteiger partial charge in [0.2, 0.25) is 0 Å². The van der Waals surface area contributed by atoms with E-state index in [9.17, 15) is 13.6 Å². The molecule has 1 saturated heterocycles. The van der Waals surface area contributed by atoms with Gasteiger partial charge >= 0.3 is 5.97 Å². The summed E-state index contributed by atoms with van der Waals surface area (Å²) >= 11 is 0. The van der Waals surface area contributed by atoms with E-state index in [-0.39, 0.29) is 25.4 Å². The van der Waals surface area contributed by atoms with Gasteiger partial charge < -0.3 is 10.4 Å². The fourth-order valence-electron chi connectivity index (χ4n) is 1.41. The second kappa shape index (κ2) is 4.00. The lowest BCUT2D eigenvalue weighted by Crippen LogP contribution is -2.45. The number of alkyl halides is 2. The van der Waals surface area contributed by atoms with Crippen LogP contribution in [0.4, 0.5) is 8.78 Å². The molecule has 1 rings (SSSR count). The predicted molar refractivity (Wildman–Crippen MR) is 42.8 cm³/mol. The second-order valence-electron chi connectivity index (χ2n) is 3.40. The van der Waals surface area contributed by atoms with E-state index in [1.54, 1.807) is 0 Å². The van der Waals surface area contributed by atoms with Crippen LogP contribution in [0.3, 0.4) is 0 Å². The Bertz CT molecular complexity index is 187. The SMILES string of the molecule is O=C(O)CCC1CCC(F)(F)CN1. The molecular weight excluding hydrogens is 180 g/mol. The number of nitrogens with one attached hydrogen (secondary N) is 1. The van der Waals surface area contributed by atoms with E-state index in [4.69, 9.17) is 5.11 Å². The van der Waals surface area contributed by atoms with E-state index in [0.717, 1.165) is 0 Å². The van der Waals surface area contributed by atoms with E-state index in [1.807, 2.05) is 0 Å². The van der Waals surface area contributed by atoms with Crippen LogP contribution in [0.15, 0.2) is 0 Å². The van der Waals surface area contributed by atoms with E-state index in [1.165, 1.54) is 0 Å². The number of carbonyl (C=O) groups is 1. The Morgan fingerprint density at radius 2 is 2.31 bits per heavy atom. The van der Waals surface area contributed by atoms with Crippen LogP contribution < -0.4 is 5.32 Å². The zero-order chi connectivity index (χ0) is 9.90. The summed E-state index contributed by atoms with van der Waals surface area (Å²) in [5.41, 5.74) is 0. The van der Waals surface area contributed by atoms with E-state index in [0.29, 0.717) is 12.8 Å². The number of aliphatic carboxylic acids is 1. The Hall–Kier alpha value is -0.710. The van der Waals surface area contributed by atoms with Crippen molar-refractivity contribution in [2.75, 3.05) is 6.54 Å². The summed E-state index contributed by atoms with van der Waals surface area (Å²) in [7, 11) is 0. The summed E-state index contributed by atoms with van der Waals surface area (Å²) in [6, 6.07) is -0.0595. The second-order valence-corrected chi connectivity index (χ2v) is 3.40. The van der Waals surface area contributed by atoms with E-state index >= 15 is 0 Å². The zero-order valence-electron chi connectivity index (χ0n) is 7.22. The number of hydrogen-bond donors (Lipinski definition) is 2. The Kier molecular flexibility index (Phi) is 3.19. The Balaban J connectivity index is 2.21. The minimum Gasteiger partial charge on any atom is -0.481 e. The highest BCUT2D eigenvalue weighted by molar-refractivity contribution is 5.66. The van der Waals surface area contributed by atoms with E-state index < -0.39 is 11.9 Å². The molecule has 76 valence electrons. The minimum atomic E-state index is -2.61. The Morgan fingerprint density at radius 3 is 2.77 bits per heavy atom. The van der Waals surface area contributed by atoms with Gasteiger partial charge in [0.05, 0.1) is 6.54 Å². The van der Waals surface area contributed by atoms with Gasteiger partial charge in [-0.3, -0.25) is 4.79 Å². The first kappa shape index (κ1) is 10.4. The molecule has 3 nitrogen and oxygen atoms in total. The molecule has 1 atom stereocenters. The van der Waals surface area contributed by atoms with Gasteiger partial charge in [-0.05, 0) is 12.8 Å². The maximum absolute atomic E-state index is 12.6. The third-order valence-corrected chi connectivity index (χ3v) is 2.21. The standard InChI is InChI=1S/C8H13F2NO2/c9-8(10)4-3-6(11-5-8)1-2-7(12)13/h6,11H,1-5H2,(H,12,13). The van der Waals surface area contributed by atoms with Crippen molar-refractivity contribution < 1.29 is 18.7 Å². The van der Waals surface area contributed by atoms with Crippen molar-refractivity contribution in [3.63, 3.8) is 0 Å². The van der Waals surface area contributed by atoms with Crippen molar-refractivity contribution in [1.82, 2.24) is 5.32 Å². The number of hydrogen-bond acceptors (Lipinski definition) is 2. The molecule has 1 fully saturated rings. The van der Waals surface area contributed by atoms with Crippen LogP contribution >= 0.6 is 0 Å². The van der Waals surface area contributed by atoms with Crippen LogP contribution in [0.5, 0.6) is 0 Å². The molecule has 0 spiro atoms. The van der Waals surface area contributed by atoms with Crippen molar-refractivity contribution in [3.05, 3.63) is 0 Å². The topological polar surface area (TPSA) is 49.3 Å². The number of rotatable bonds is 3. The first-order chi connectivity index (χ1) is 5.99. The van der Waals surface area contributed by atoms with Gasteiger partial charge in [-0.1, -0.05) is 0 Å². The third kappa shape index (κ3) is 3.67. The fourth-order valence-corrected chi connectivity index (χ4v) is 1.41. The molecule has 0 aliphatic carbocycles. The highest BCUT2D eigenvalue weighted by Gasteiger charge is 2.34. The molecule has 0 aromatic heterocycles. The lowest BCUT2D eigenvalue weighted by Gasteiger charge is -2.29. The molecule has 5 heteroatoms. The molecule has 0 bridgehead atoms. The third-order valence-electron chi connectivity index (χ3n) is 2.21. The van der Waals surface area contributed by atoms with Crippen LogP contribution in [0.2, 0.25) is 0 Å². The summed E-state index contributed by atoms with van der Waals surface area (Å²) in [5.74, 6) is -3.49. The molecule has 1 aliphatic rings. The summed E-state index contributed by atoms with van der Waals surface area (Å²) in [6.07, 6.45) is 0.708. The Labute approximate surface area is 75.1 Å². The molecule has 0 aromatic carbocycles. The van der Waals surface area contributed by atoms with Gasteiger partial charge in [0.1, 0.15) is 0 Å². The fraction of sp³-hybridized carbons (Fsp3) is 0.875. The first-order valence-corrected chi connectivity index (χ1v) is 4.33. The maximum Gasteiger partial charge on any atom is 0.303 e. The maximum atomic E-state index is 12.6. The van der Waals surface area contributed by atoms with Crippen molar-refractivity contribution >= 4 is 5.97 Å². The minimum absolute atomic E-state index is 0.0449. The van der Waals surface area contributed by atoms with Gasteiger partial charge in [0.25, 0.3) is 5.92 Å². The summed E-state index contributed by atoms with van der Waals surface area (Å²) in [5, 5.41) is 11.0. The Morgan fingerprint density at radius 1 is 1.62 bits per heavy atom. The smallest absolute Gasteiger partial charge is 0.303 e. The predicted octanol–water partition coefficient (Wildman–Crippen LogP) is 1.24. The largest absolute Gasteiger partial charge is 0.481 e. The molecule has 2 N–H and O–H groups in total. The quantitative estimate of drug-likeness (QED) is 0.709. The van der Waals surface area contributed by atoms with Gasteiger partial charge in [-0.25, -0.2) is 8.78 Å². The molecule has 0 amide bonds. The van der Waals surface area contributed by atoms with Crippen molar-refractivity contribution in [2.45, 2.75) is 37.6 Å². The van der Waals surface area contributed by atoms with Crippen LogP contribution in [-0.4, -0.2) is 29.6 Å². The van der Waals surface area contributed by atoms with Crippen molar-refractivity contribution in [3.8, 4) is 0 Å². The monoisotopic (exact) mass is 193 g/mol. The van der Waals surface area contributed by atoms with Crippen molar-refractivity contribution in [1.29, 1.82) is 0 Å². The van der Waals surface area contributed by atoms with Gasteiger partial charge in [0, 0.05) is 18.9 Å². The van der Waals surface area contributed by atoms with Crippen LogP contribution in [-0.2, 0) is 4.79 Å². The molecular formula is C8H13F2NO2. The summed E-state index contributed by atoms with van der Waals surface area (Å²) in [6.45, 7) is -0.322. The van der Waals surface area contributed by atoms with Crippen LogP contribution in [0.25, 0.3) is 0 Å². The van der Waals surface area contributed by atoms with Crippen molar-refractivity contribution in [2.24, 2.45) is 0 Å². The highest BCUT2D eigenvalue weighted by atomic mass is 19.3. The molecule has 0 radical (unpaired) electrons. The molecule has 1 unspecified atom stereocenters.